The molecule has 4 heteroatoms. The van der Waals surface area contributed by atoms with E-state index >= 15 is 0 Å². The Morgan fingerprint density at radius 2 is 1.76 bits per heavy atom. The van der Waals surface area contributed by atoms with E-state index in [1.165, 1.54) is 12.1 Å². The Morgan fingerprint density at radius 3 is 2.38 bits per heavy atom. The zero-order valence-electron chi connectivity index (χ0n) is 13.1. The third-order valence-corrected chi connectivity index (χ3v) is 5.75. The molecule has 1 aromatic carbocycles. The predicted octanol–water partition coefficient (Wildman–Crippen LogP) is 2.85. The minimum absolute atomic E-state index is 0.0855. The van der Waals surface area contributed by atoms with E-state index in [4.69, 9.17) is 4.74 Å². The van der Waals surface area contributed by atoms with Crippen LogP contribution in [0.1, 0.15) is 50.8 Å². The Kier molecular flexibility index (Phi) is 3.05. The first-order valence-corrected chi connectivity index (χ1v) is 7.52. The van der Waals surface area contributed by atoms with Gasteiger partial charge >= 0.3 is 0 Å². The predicted molar refractivity (Wildman–Crippen MR) is 79.4 cm³/mol. The van der Waals surface area contributed by atoms with Crippen LogP contribution in [-0.4, -0.2) is 28.0 Å². The van der Waals surface area contributed by atoms with Gasteiger partial charge < -0.3 is 20.1 Å². The first-order valence-electron chi connectivity index (χ1n) is 7.52. The zero-order chi connectivity index (χ0) is 15.6. The summed E-state index contributed by atoms with van der Waals surface area (Å²) >= 11 is 0. The molecular formula is C17H24O4. The summed E-state index contributed by atoms with van der Waals surface area (Å²) < 4.78 is 5.67. The topological polar surface area (TPSA) is 69.9 Å². The normalized spacial score (nSPS) is 37.1. The number of hydrogen-bond acceptors (Lipinski definition) is 4. The van der Waals surface area contributed by atoms with E-state index < -0.39 is 11.7 Å². The molecule has 0 amide bonds. The monoisotopic (exact) mass is 292 g/mol. The van der Waals surface area contributed by atoms with Gasteiger partial charge in [-0.05, 0) is 43.2 Å². The highest BCUT2D eigenvalue weighted by Gasteiger charge is 2.58. The van der Waals surface area contributed by atoms with Crippen LogP contribution in [0.15, 0.2) is 12.1 Å². The molecule has 1 fully saturated rings. The summed E-state index contributed by atoms with van der Waals surface area (Å²) in [5.74, 6) is 0.444. The highest BCUT2D eigenvalue weighted by molar-refractivity contribution is 5.55. The lowest BCUT2D eigenvalue weighted by molar-refractivity contribution is -0.0881. The Bertz CT molecular complexity index is 576. The van der Waals surface area contributed by atoms with Gasteiger partial charge in [-0.3, -0.25) is 0 Å². The summed E-state index contributed by atoms with van der Waals surface area (Å²) in [6, 6.07) is 3.04. The third-order valence-electron chi connectivity index (χ3n) is 5.75. The van der Waals surface area contributed by atoms with Crippen molar-refractivity contribution in [3.05, 3.63) is 23.3 Å². The minimum Gasteiger partial charge on any atom is -0.508 e. The van der Waals surface area contributed by atoms with E-state index in [9.17, 15) is 15.3 Å². The highest BCUT2D eigenvalue weighted by Crippen LogP contribution is 2.62. The summed E-state index contributed by atoms with van der Waals surface area (Å²) in [7, 11) is 1.60. The fraction of sp³-hybridized carbons (Fsp3) is 0.647. The van der Waals surface area contributed by atoms with Gasteiger partial charge in [0.1, 0.15) is 11.5 Å². The van der Waals surface area contributed by atoms with Crippen molar-refractivity contribution in [2.75, 3.05) is 7.11 Å². The molecule has 0 aromatic heterocycles. The Hall–Kier alpha value is -1.26. The first-order chi connectivity index (χ1) is 9.71. The number of fused-ring (bicyclic) bond motifs is 2. The number of phenolic OH excluding ortho intramolecular Hbond substituents is 2. The van der Waals surface area contributed by atoms with Crippen molar-refractivity contribution in [3.8, 4) is 11.5 Å². The van der Waals surface area contributed by atoms with Crippen LogP contribution in [0.2, 0.25) is 0 Å². The third kappa shape index (κ3) is 1.82. The van der Waals surface area contributed by atoms with Crippen LogP contribution in [0.3, 0.4) is 0 Å². The van der Waals surface area contributed by atoms with Crippen LogP contribution in [0.4, 0.5) is 0 Å². The summed E-state index contributed by atoms with van der Waals surface area (Å²) in [5.41, 5.74) is 0.246. The molecule has 0 spiro atoms. The summed E-state index contributed by atoms with van der Waals surface area (Å²) in [6.07, 6.45) is 1.20. The van der Waals surface area contributed by atoms with Crippen LogP contribution in [0.5, 0.6) is 11.5 Å². The van der Waals surface area contributed by atoms with Gasteiger partial charge in [0.2, 0.25) is 0 Å². The van der Waals surface area contributed by atoms with Crippen molar-refractivity contribution in [2.24, 2.45) is 11.8 Å². The van der Waals surface area contributed by atoms with Crippen LogP contribution in [0, 0.1) is 11.8 Å². The molecule has 0 bridgehead atoms. The van der Waals surface area contributed by atoms with Crippen LogP contribution in [-0.2, 0) is 10.2 Å². The van der Waals surface area contributed by atoms with E-state index in [-0.39, 0.29) is 28.7 Å². The number of aromatic hydroxyl groups is 2. The van der Waals surface area contributed by atoms with Crippen molar-refractivity contribution < 1.29 is 20.1 Å². The molecule has 116 valence electrons. The lowest BCUT2D eigenvalue weighted by Crippen LogP contribution is -2.47. The molecule has 2 aliphatic carbocycles. The standard InChI is InChI=1S/C17H24O4/c1-16(2)9-7-8-17(3,20)13(9)15(21-4)12-10(18)5-6-11(19)14(12)16/h5-6,9,13,15,18-20H,7-8H2,1-4H3/t9-,13-,15-,17-/m1/s1. The fourth-order valence-corrected chi connectivity index (χ4v) is 4.77. The maximum Gasteiger partial charge on any atom is 0.121 e. The smallest absolute Gasteiger partial charge is 0.121 e. The van der Waals surface area contributed by atoms with Crippen molar-refractivity contribution >= 4 is 0 Å². The second-order valence-corrected chi connectivity index (χ2v) is 7.30. The number of hydrogen-bond donors (Lipinski definition) is 3. The van der Waals surface area contributed by atoms with Gasteiger partial charge in [-0.1, -0.05) is 13.8 Å². The van der Waals surface area contributed by atoms with Gasteiger partial charge in [-0.25, -0.2) is 0 Å². The number of rotatable bonds is 1. The summed E-state index contributed by atoms with van der Waals surface area (Å²) in [6.45, 7) is 6.01. The minimum atomic E-state index is -0.821. The number of benzene rings is 1. The van der Waals surface area contributed by atoms with Crippen LogP contribution >= 0.6 is 0 Å². The molecule has 3 rings (SSSR count). The van der Waals surface area contributed by atoms with E-state index in [1.807, 2.05) is 6.92 Å². The maximum atomic E-state index is 10.8. The summed E-state index contributed by atoms with van der Waals surface area (Å²) in [5, 5.41) is 31.5. The average molecular weight is 292 g/mol. The van der Waals surface area contributed by atoms with Gasteiger partial charge in [-0.2, -0.15) is 0 Å². The number of ether oxygens (including phenoxy) is 1. The van der Waals surface area contributed by atoms with E-state index in [0.717, 1.165) is 12.0 Å². The van der Waals surface area contributed by atoms with Gasteiger partial charge in [-0.15, -0.1) is 0 Å². The molecule has 4 nitrogen and oxygen atoms in total. The first kappa shape index (κ1) is 14.7. The SMILES string of the molecule is CO[C@@H]1c2c(O)ccc(O)c2C(C)(C)[C@@H]2CC[C@@](C)(O)[C@@H]12. The molecule has 0 heterocycles. The van der Waals surface area contributed by atoms with Crippen molar-refractivity contribution in [1.82, 2.24) is 0 Å². The van der Waals surface area contributed by atoms with Gasteiger partial charge in [0.25, 0.3) is 0 Å². The molecule has 0 aliphatic heterocycles. The number of methoxy groups -OCH3 is 1. The second kappa shape index (κ2) is 4.37. The molecule has 1 saturated carbocycles. The van der Waals surface area contributed by atoms with Gasteiger partial charge in [0.05, 0.1) is 11.7 Å². The Balaban J connectivity index is 2.30. The molecule has 1 aromatic rings. The van der Waals surface area contributed by atoms with Crippen LogP contribution in [0.25, 0.3) is 0 Å². The number of phenols is 2. The largest absolute Gasteiger partial charge is 0.508 e. The molecule has 2 aliphatic rings. The molecule has 0 saturated heterocycles. The number of aliphatic hydroxyl groups is 1. The molecular weight excluding hydrogens is 268 g/mol. The lowest BCUT2D eigenvalue weighted by Gasteiger charge is -2.48. The fourth-order valence-electron chi connectivity index (χ4n) is 4.77. The van der Waals surface area contributed by atoms with E-state index in [2.05, 4.69) is 13.8 Å². The van der Waals surface area contributed by atoms with Crippen LogP contribution < -0.4 is 0 Å². The molecule has 0 radical (unpaired) electrons. The van der Waals surface area contributed by atoms with E-state index in [1.54, 1.807) is 7.11 Å². The summed E-state index contributed by atoms with van der Waals surface area (Å²) in [4.78, 5) is 0. The van der Waals surface area contributed by atoms with Gasteiger partial charge in [0, 0.05) is 24.2 Å². The molecule has 3 N–H and O–H groups in total. The quantitative estimate of drug-likeness (QED) is 0.696. The lowest BCUT2D eigenvalue weighted by atomic mass is 9.59. The zero-order valence-corrected chi connectivity index (χ0v) is 13.1. The second-order valence-electron chi connectivity index (χ2n) is 7.30. The maximum absolute atomic E-state index is 10.8. The average Bonchev–Trinajstić information content (AvgIpc) is 2.71. The highest BCUT2D eigenvalue weighted by atomic mass is 16.5. The van der Waals surface area contributed by atoms with Crippen molar-refractivity contribution in [1.29, 1.82) is 0 Å². The molecule has 4 atom stereocenters. The van der Waals surface area contributed by atoms with E-state index in [0.29, 0.717) is 12.0 Å². The molecule has 0 unspecified atom stereocenters. The van der Waals surface area contributed by atoms with Crippen molar-refractivity contribution in [3.63, 3.8) is 0 Å². The van der Waals surface area contributed by atoms with Crippen molar-refractivity contribution in [2.45, 2.75) is 50.7 Å². The molecule has 21 heavy (non-hydrogen) atoms. The van der Waals surface area contributed by atoms with Gasteiger partial charge in [0.15, 0.2) is 0 Å². The Labute approximate surface area is 125 Å². The Morgan fingerprint density at radius 1 is 1.14 bits per heavy atom.